The second-order valence-electron chi connectivity index (χ2n) is 5.64. The Balaban J connectivity index is 2.09. The first-order valence-electron chi connectivity index (χ1n) is 5.94. The molecule has 2 rings (SSSR count). The van der Waals surface area contributed by atoms with Crippen molar-refractivity contribution in [3.63, 3.8) is 0 Å². The Morgan fingerprint density at radius 1 is 1.47 bits per heavy atom. The highest BCUT2D eigenvalue weighted by atomic mass is 16.2. The van der Waals surface area contributed by atoms with Gasteiger partial charge in [0.05, 0.1) is 12.6 Å². The van der Waals surface area contributed by atoms with Gasteiger partial charge in [0.15, 0.2) is 0 Å². The van der Waals surface area contributed by atoms with Crippen LogP contribution in [0.1, 0.15) is 26.6 Å². The number of nitrogens with two attached hydrogens (primary N) is 1. The summed E-state index contributed by atoms with van der Waals surface area (Å²) in [5, 5.41) is 0. The van der Waals surface area contributed by atoms with Crippen LogP contribution in [-0.4, -0.2) is 32.9 Å². The summed E-state index contributed by atoms with van der Waals surface area (Å²) < 4.78 is 2.08. The molecule has 1 aromatic rings. The lowest BCUT2D eigenvalue weighted by Crippen LogP contribution is -2.52. The molecule has 0 saturated heterocycles. The quantitative estimate of drug-likeness (QED) is 0.776. The van der Waals surface area contributed by atoms with Gasteiger partial charge in [0.1, 0.15) is 5.82 Å². The first kappa shape index (κ1) is 12.1. The van der Waals surface area contributed by atoms with Crippen LogP contribution in [0.15, 0.2) is 12.4 Å². The summed E-state index contributed by atoms with van der Waals surface area (Å²) in [5.74, 6) is 0.956. The first-order valence-corrected chi connectivity index (χ1v) is 5.94. The molecule has 1 aliphatic heterocycles. The van der Waals surface area contributed by atoms with E-state index in [1.807, 2.05) is 27.0 Å². The number of rotatable bonds is 1. The number of imidazole rings is 1. The van der Waals surface area contributed by atoms with Crippen LogP contribution in [0.3, 0.4) is 0 Å². The number of aromatic nitrogens is 2. The van der Waals surface area contributed by atoms with Crippen molar-refractivity contribution in [3.8, 4) is 0 Å². The van der Waals surface area contributed by atoms with E-state index in [4.69, 9.17) is 5.73 Å². The molecule has 1 aromatic heterocycles. The van der Waals surface area contributed by atoms with Crippen molar-refractivity contribution in [1.82, 2.24) is 14.5 Å². The lowest BCUT2D eigenvalue weighted by atomic mass is 9.86. The van der Waals surface area contributed by atoms with E-state index in [9.17, 15) is 4.79 Å². The average Bonchev–Trinajstić information content (AvgIpc) is 2.72. The second-order valence-corrected chi connectivity index (χ2v) is 5.64. The van der Waals surface area contributed by atoms with Crippen LogP contribution in [0, 0.1) is 5.41 Å². The van der Waals surface area contributed by atoms with Crippen LogP contribution in [0.5, 0.6) is 0 Å². The van der Waals surface area contributed by atoms with Crippen molar-refractivity contribution in [2.45, 2.75) is 39.9 Å². The predicted octanol–water partition coefficient (Wildman–Crippen LogP) is 0.599. The van der Waals surface area contributed by atoms with Crippen LogP contribution < -0.4 is 5.73 Å². The number of hydrogen-bond acceptors (Lipinski definition) is 3. The van der Waals surface area contributed by atoms with Crippen molar-refractivity contribution in [2.75, 3.05) is 6.54 Å². The van der Waals surface area contributed by atoms with Crippen LogP contribution in [0.2, 0.25) is 0 Å². The standard InChI is InChI=1S/C12H20N4O/c1-12(2,3)10(13)11(17)16-7-6-15-5-4-14-9(15)8-16/h4-5,10H,6-8,13H2,1-3H3/t10-/m1/s1. The molecule has 2 N–H and O–H groups in total. The van der Waals surface area contributed by atoms with E-state index >= 15 is 0 Å². The van der Waals surface area contributed by atoms with Crippen LogP contribution in [0.4, 0.5) is 0 Å². The molecule has 0 saturated carbocycles. The molecule has 0 unspecified atom stereocenters. The maximum atomic E-state index is 12.2. The monoisotopic (exact) mass is 236 g/mol. The Morgan fingerprint density at radius 2 is 2.18 bits per heavy atom. The number of amides is 1. The van der Waals surface area contributed by atoms with E-state index in [1.165, 1.54) is 0 Å². The van der Waals surface area contributed by atoms with Crippen molar-refractivity contribution in [2.24, 2.45) is 11.1 Å². The van der Waals surface area contributed by atoms with Gasteiger partial charge in [-0.05, 0) is 5.41 Å². The number of hydrogen-bond donors (Lipinski definition) is 1. The maximum absolute atomic E-state index is 12.2. The molecule has 0 aliphatic carbocycles. The molecule has 0 fully saturated rings. The van der Waals surface area contributed by atoms with Crippen LogP contribution >= 0.6 is 0 Å². The van der Waals surface area contributed by atoms with Gasteiger partial charge in [-0.25, -0.2) is 4.98 Å². The van der Waals surface area contributed by atoms with E-state index in [0.29, 0.717) is 13.1 Å². The lowest BCUT2D eigenvalue weighted by molar-refractivity contribution is -0.136. The smallest absolute Gasteiger partial charge is 0.240 e. The van der Waals surface area contributed by atoms with Crippen molar-refractivity contribution in [1.29, 1.82) is 0 Å². The molecule has 1 aliphatic rings. The summed E-state index contributed by atoms with van der Waals surface area (Å²) in [4.78, 5) is 18.3. The van der Waals surface area contributed by atoms with Crippen molar-refractivity contribution < 1.29 is 4.79 Å². The fraction of sp³-hybridized carbons (Fsp3) is 0.667. The van der Waals surface area contributed by atoms with Crippen LogP contribution in [0.25, 0.3) is 0 Å². The molecule has 2 heterocycles. The van der Waals surface area contributed by atoms with Crippen molar-refractivity contribution in [3.05, 3.63) is 18.2 Å². The van der Waals surface area contributed by atoms with E-state index in [1.54, 1.807) is 11.1 Å². The third-order valence-electron chi connectivity index (χ3n) is 3.26. The molecule has 0 radical (unpaired) electrons. The minimum absolute atomic E-state index is 0.0201. The molecular formula is C12H20N4O. The number of nitrogens with zero attached hydrogens (tertiary/aromatic N) is 3. The van der Waals surface area contributed by atoms with Gasteiger partial charge in [-0.1, -0.05) is 20.8 Å². The highest BCUT2D eigenvalue weighted by Crippen LogP contribution is 2.21. The van der Waals surface area contributed by atoms with Crippen molar-refractivity contribution >= 4 is 5.91 Å². The molecule has 1 atom stereocenters. The zero-order valence-electron chi connectivity index (χ0n) is 10.7. The first-order chi connectivity index (χ1) is 7.89. The van der Waals surface area contributed by atoms with Gasteiger partial charge in [0.2, 0.25) is 5.91 Å². The topological polar surface area (TPSA) is 64.2 Å². The Labute approximate surface area is 102 Å². The maximum Gasteiger partial charge on any atom is 0.240 e. The van der Waals surface area contributed by atoms with Gasteiger partial charge in [0.25, 0.3) is 0 Å². The average molecular weight is 236 g/mol. The van der Waals surface area contributed by atoms with Gasteiger partial charge in [-0.3, -0.25) is 4.79 Å². The number of fused-ring (bicyclic) bond motifs is 1. The summed E-state index contributed by atoms with van der Waals surface area (Å²) in [6.07, 6.45) is 3.72. The Morgan fingerprint density at radius 3 is 2.82 bits per heavy atom. The molecule has 1 amide bonds. The summed E-state index contributed by atoms with van der Waals surface area (Å²) in [6, 6.07) is -0.455. The second kappa shape index (κ2) is 4.14. The Bertz CT molecular complexity index is 418. The SMILES string of the molecule is CC(C)(C)[C@H](N)C(=O)N1CCn2ccnc2C1. The third-order valence-corrected chi connectivity index (χ3v) is 3.26. The molecule has 94 valence electrons. The van der Waals surface area contributed by atoms with Gasteiger partial charge in [-0.15, -0.1) is 0 Å². The zero-order valence-corrected chi connectivity index (χ0v) is 10.7. The van der Waals surface area contributed by atoms with E-state index in [2.05, 4.69) is 9.55 Å². The largest absolute Gasteiger partial charge is 0.332 e. The molecule has 0 spiro atoms. The number of carbonyl (C=O) groups excluding carboxylic acids is 1. The zero-order chi connectivity index (χ0) is 12.6. The molecule has 17 heavy (non-hydrogen) atoms. The minimum atomic E-state index is -0.455. The molecular weight excluding hydrogens is 216 g/mol. The highest BCUT2D eigenvalue weighted by Gasteiger charge is 2.32. The Hall–Kier alpha value is -1.36. The van der Waals surface area contributed by atoms with Gasteiger partial charge < -0.3 is 15.2 Å². The summed E-state index contributed by atoms with van der Waals surface area (Å²) in [7, 11) is 0. The molecule has 5 nitrogen and oxygen atoms in total. The normalized spacial score (nSPS) is 17.8. The van der Waals surface area contributed by atoms with Gasteiger partial charge in [-0.2, -0.15) is 0 Å². The fourth-order valence-corrected chi connectivity index (χ4v) is 1.93. The minimum Gasteiger partial charge on any atom is -0.332 e. The summed E-state index contributed by atoms with van der Waals surface area (Å²) in [6.45, 7) is 8.04. The summed E-state index contributed by atoms with van der Waals surface area (Å²) >= 11 is 0. The number of carbonyl (C=O) groups is 1. The fourth-order valence-electron chi connectivity index (χ4n) is 1.93. The Kier molecular flexibility index (Phi) is 2.95. The van der Waals surface area contributed by atoms with Gasteiger partial charge in [0, 0.05) is 25.5 Å². The lowest BCUT2D eigenvalue weighted by Gasteiger charge is -2.34. The predicted molar refractivity (Wildman–Crippen MR) is 65.1 cm³/mol. The molecule has 0 bridgehead atoms. The van der Waals surface area contributed by atoms with E-state index < -0.39 is 6.04 Å². The third kappa shape index (κ3) is 2.34. The van der Waals surface area contributed by atoms with E-state index in [0.717, 1.165) is 12.4 Å². The summed E-state index contributed by atoms with van der Waals surface area (Å²) in [5.41, 5.74) is 5.80. The van der Waals surface area contributed by atoms with E-state index in [-0.39, 0.29) is 11.3 Å². The van der Waals surface area contributed by atoms with Gasteiger partial charge >= 0.3 is 0 Å². The highest BCUT2D eigenvalue weighted by molar-refractivity contribution is 5.82. The molecule has 0 aromatic carbocycles. The van der Waals surface area contributed by atoms with Crippen LogP contribution in [-0.2, 0) is 17.9 Å². The molecule has 5 heteroatoms.